The summed E-state index contributed by atoms with van der Waals surface area (Å²) in [6, 6.07) is 0.339. The molecular formula is C13H29N3. The first-order valence-electron chi connectivity index (χ1n) is 6.70. The number of nitrogens with two attached hydrogens (primary N) is 1. The molecule has 1 aliphatic rings. The number of nitrogens with zero attached hydrogens (tertiary/aromatic N) is 2. The summed E-state index contributed by atoms with van der Waals surface area (Å²) >= 11 is 0. The van der Waals surface area contributed by atoms with E-state index in [1.165, 1.54) is 38.9 Å². The van der Waals surface area contributed by atoms with Crippen LogP contribution in [0.1, 0.15) is 32.6 Å². The minimum absolute atomic E-state index is 0.339. The largest absolute Gasteiger partial charge is 0.328 e. The summed E-state index contributed by atoms with van der Waals surface area (Å²) in [5.74, 6) is 0.953. The van der Waals surface area contributed by atoms with Crippen LogP contribution in [0.2, 0.25) is 0 Å². The van der Waals surface area contributed by atoms with Gasteiger partial charge in [-0.1, -0.05) is 0 Å². The van der Waals surface area contributed by atoms with E-state index in [0.29, 0.717) is 6.04 Å². The van der Waals surface area contributed by atoms with Gasteiger partial charge in [0.15, 0.2) is 0 Å². The minimum atomic E-state index is 0.339. The van der Waals surface area contributed by atoms with Crippen LogP contribution in [0.5, 0.6) is 0 Å². The number of rotatable bonds is 6. The standard InChI is InChI=1S/C13H29N3/c1-12(14)4-8-15(2)9-5-13-6-10-16(3)11-7-13/h12-13H,4-11,14H2,1-3H3. The highest BCUT2D eigenvalue weighted by molar-refractivity contribution is 4.71. The number of piperidine rings is 1. The highest BCUT2D eigenvalue weighted by atomic mass is 15.1. The van der Waals surface area contributed by atoms with E-state index in [9.17, 15) is 0 Å². The molecule has 0 aromatic heterocycles. The van der Waals surface area contributed by atoms with E-state index in [1.807, 2.05) is 0 Å². The lowest BCUT2D eigenvalue weighted by molar-refractivity contribution is 0.194. The summed E-state index contributed by atoms with van der Waals surface area (Å²) in [6.07, 6.45) is 5.25. The second-order valence-electron chi connectivity index (χ2n) is 5.60. The molecule has 1 rings (SSSR count). The Hall–Kier alpha value is -0.120. The molecule has 0 radical (unpaired) electrons. The van der Waals surface area contributed by atoms with E-state index < -0.39 is 0 Å². The van der Waals surface area contributed by atoms with E-state index in [0.717, 1.165) is 18.9 Å². The van der Waals surface area contributed by atoms with Crippen molar-refractivity contribution in [2.75, 3.05) is 40.3 Å². The van der Waals surface area contributed by atoms with Crippen molar-refractivity contribution in [2.45, 2.75) is 38.6 Å². The molecule has 0 aromatic carbocycles. The van der Waals surface area contributed by atoms with Gasteiger partial charge in [0.1, 0.15) is 0 Å². The molecule has 96 valence electrons. The highest BCUT2D eigenvalue weighted by Gasteiger charge is 2.16. The van der Waals surface area contributed by atoms with Crippen molar-refractivity contribution >= 4 is 0 Å². The van der Waals surface area contributed by atoms with Crippen LogP contribution < -0.4 is 5.73 Å². The van der Waals surface area contributed by atoms with Crippen LogP contribution in [0.3, 0.4) is 0 Å². The zero-order valence-electron chi connectivity index (χ0n) is 11.3. The van der Waals surface area contributed by atoms with Crippen molar-refractivity contribution in [3.63, 3.8) is 0 Å². The Kier molecular flexibility index (Phi) is 6.32. The van der Waals surface area contributed by atoms with E-state index in [2.05, 4.69) is 30.8 Å². The van der Waals surface area contributed by atoms with Gasteiger partial charge in [-0.05, 0) is 78.8 Å². The van der Waals surface area contributed by atoms with Crippen LogP contribution in [-0.2, 0) is 0 Å². The third kappa shape index (κ3) is 5.83. The minimum Gasteiger partial charge on any atom is -0.328 e. The zero-order chi connectivity index (χ0) is 12.0. The Morgan fingerprint density at radius 3 is 2.50 bits per heavy atom. The second kappa shape index (κ2) is 7.25. The monoisotopic (exact) mass is 227 g/mol. The molecule has 1 aliphatic heterocycles. The van der Waals surface area contributed by atoms with Gasteiger partial charge in [-0.3, -0.25) is 0 Å². The topological polar surface area (TPSA) is 32.5 Å². The molecule has 0 spiro atoms. The third-order valence-electron chi connectivity index (χ3n) is 3.72. The second-order valence-corrected chi connectivity index (χ2v) is 5.60. The molecule has 3 heteroatoms. The van der Waals surface area contributed by atoms with Gasteiger partial charge in [0.25, 0.3) is 0 Å². The molecule has 0 aliphatic carbocycles. The molecule has 1 unspecified atom stereocenters. The third-order valence-corrected chi connectivity index (χ3v) is 3.72. The number of likely N-dealkylation sites (tertiary alicyclic amines) is 1. The summed E-state index contributed by atoms with van der Waals surface area (Å²) in [5.41, 5.74) is 5.76. The average Bonchev–Trinajstić information content (AvgIpc) is 2.25. The Balaban J connectivity index is 2.05. The predicted octanol–water partition coefficient (Wildman–Crippen LogP) is 1.39. The van der Waals surface area contributed by atoms with Crippen LogP contribution >= 0.6 is 0 Å². The Morgan fingerprint density at radius 1 is 1.31 bits per heavy atom. The number of hydrogen-bond acceptors (Lipinski definition) is 3. The maximum atomic E-state index is 5.76. The predicted molar refractivity (Wildman–Crippen MR) is 70.6 cm³/mol. The van der Waals surface area contributed by atoms with Gasteiger partial charge in [-0.15, -0.1) is 0 Å². The maximum Gasteiger partial charge on any atom is 0.00226 e. The van der Waals surface area contributed by atoms with Gasteiger partial charge in [-0.2, -0.15) is 0 Å². The van der Waals surface area contributed by atoms with Crippen molar-refractivity contribution in [1.82, 2.24) is 9.80 Å². The van der Waals surface area contributed by atoms with E-state index in [4.69, 9.17) is 5.73 Å². The fourth-order valence-electron chi connectivity index (χ4n) is 2.29. The SMILES string of the molecule is CC(N)CCN(C)CCC1CCN(C)CC1. The fourth-order valence-corrected chi connectivity index (χ4v) is 2.29. The van der Waals surface area contributed by atoms with E-state index in [1.54, 1.807) is 0 Å². The first kappa shape index (κ1) is 13.9. The first-order chi connectivity index (χ1) is 7.58. The van der Waals surface area contributed by atoms with Crippen molar-refractivity contribution in [2.24, 2.45) is 11.7 Å². The van der Waals surface area contributed by atoms with Crippen LogP contribution in [0.15, 0.2) is 0 Å². The molecule has 3 nitrogen and oxygen atoms in total. The van der Waals surface area contributed by atoms with Gasteiger partial charge < -0.3 is 15.5 Å². The molecule has 0 bridgehead atoms. The average molecular weight is 227 g/mol. The van der Waals surface area contributed by atoms with E-state index >= 15 is 0 Å². The van der Waals surface area contributed by atoms with Crippen molar-refractivity contribution in [3.05, 3.63) is 0 Å². The van der Waals surface area contributed by atoms with Crippen LogP contribution in [-0.4, -0.2) is 56.1 Å². The first-order valence-corrected chi connectivity index (χ1v) is 6.70. The summed E-state index contributed by atoms with van der Waals surface area (Å²) in [6.45, 7) is 7.04. The Bertz CT molecular complexity index is 174. The quantitative estimate of drug-likeness (QED) is 0.744. The molecule has 0 saturated carbocycles. The lowest BCUT2D eigenvalue weighted by Gasteiger charge is -2.30. The van der Waals surface area contributed by atoms with Crippen LogP contribution in [0.4, 0.5) is 0 Å². The molecular weight excluding hydrogens is 198 g/mol. The summed E-state index contributed by atoms with van der Waals surface area (Å²) in [7, 11) is 4.45. The Morgan fingerprint density at radius 2 is 1.94 bits per heavy atom. The molecule has 1 heterocycles. The molecule has 1 fully saturated rings. The normalized spacial score (nSPS) is 21.6. The lowest BCUT2D eigenvalue weighted by atomic mass is 9.94. The van der Waals surface area contributed by atoms with Crippen molar-refractivity contribution in [3.8, 4) is 0 Å². The summed E-state index contributed by atoms with van der Waals surface area (Å²) in [4.78, 5) is 4.87. The summed E-state index contributed by atoms with van der Waals surface area (Å²) in [5, 5.41) is 0. The van der Waals surface area contributed by atoms with Crippen molar-refractivity contribution < 1.29 is 0 Å². The lowest BCUT2D eigenvalue weighted by Crippen LogP contribution is -2.32. The van der Waals surface area contributed by atoms with Gasteiger partial charge in [0.2, 0.25) is 0 Å². The van der Waals surface area contributed by atoms with Gasteiger partial charge in [0, 0.05) is 6.04 Å². The molecule has 16 heavy (non-hydrogen) atoms. The van der Waals surface area contributed by atoms with Gasteiger partial charge in [-0.25, -0.2) is 0 Å². The van der Waals surface area contributed by atoms with Crippen LogP contribution in [0, 0.1) is 5.92 Å². The molecule has 1 saturated heterocycles. The molecule has 0 aromatic rings. The smallest absolute Gasteiger partial charge is 0.00226 e. The maximum absolute atomic E-state index is 5.76. The van der Waals surface area contributed by atoms with Crippen molar-refractivity contribution in [1.29, 1.82) is 0 Å². The molecule has 2 N–H and O–H groups in total. The van der Waals surface area contributed by atoms with Crippen LogP contribution in [0.25, 0.3) is 0 Å². The molecule has 0 amide bonds. The number of hydrogen-bond donors (Lipinski definition) is 1. The van der Waals surface area contributed by atoms with Gasteiger partial charge >= 0.3 is 0 Å². The fraction of sp³-hybridized carbons (Fsp3) is 1.00. The Labute approximate surface area is 101 Å². The highest BCUT2D eigenvalue weighted by Crippen LogP contribution is 2.19. The van der Waals surface area contributed by atoms with Gasteiger partial charge in [0.05, 0.1) is 0 Å². The zero-order valence-corrected chi connectivity index (χ0v) is 11.3. The molecule has 1 atom stereocenters. The van der Waals surface area contributed by atoms with E-state index in [-0.39, 0.29) is 0 Å². The summed E-state index contributed by atoms with van der Waals surface area (Å²) < 4.78 is 0.